The number of carbonyl (C=O) groups excluding carboxylic acids is 1. The van der Waals surface area contributed by atoms with Crippen molar-refractivity contribution in [3.05, 3.63) is 29.3 Å². The zero-order valence-corrected chi connectivity index (χ0v) is 12.4. The van der Waals surface area contributed by atoms with E-state index in [0.717, 1.165) is 29.7 Å². The Morgan fingerprint density at radius 1 is 1.16 bits per heavy atom. The van der Waals surface area contributed by atoms with Crippen LogP contribution in [0.1, 0.15) is 49.0 Å². The third-order valence-corrected chi connectivity index (χ3v) is 4.24. The summed E-state index contributed by atoms with van der Waals surface area (Å²) in [6.45, 7) is 6.51. The second kappa shape index (κ2) is 5.77. The molecule has 2 nitrogen and oxygen atoms in total. The van der Waals surface area contributed by atoms with Crippen LogP contribution in [0.3, 0.4) is 0 Å². The molecule has 0 radical (unpaired) electrons. The highest BCUT2D eigenvalue weighted by atomic mass is 16.5. The number of rotatable bonds is 3. The fourth-order valence-electron chi connectivity index (χ4n) is 3.37. The van der Waals surface area contributed by atoms with Crippen LogP contribution in [0, 0.1) is 24.7 Å². The molecule has 0 heterocycles. The Morgan fingerprint density at radius 3 is 2.37 bits per heavy atom. The minimum absolute atomic E-state index is 0.186. The summed E-state index contributed by atoms with van der Waals surface area (Å²) >= 11 is 0. The van der Waals surface area contributed by atoms with Crippen molar-refractivity contribution in [3.8, 4) is 5.75 Å². The number of methoxy groups -OCH3 is 1. The minimum atomic E-state index is 0.186. The topological polar surface area (TPSA) is 26.3 Å². The number of hydrogen-bond donors (Lipinski definition) is 0. The minimum Gasteiger partial charge on any atom is -0.496 e. The zero-order chi connectivity index (χ0) is 14.0. The number of ketones is 1. The molecule has 2 atom stereocenters. The predicted molar refractivity (Wildman–Crippen MR) is 77.7 cm³/mol. The Labute approximate surface area is 116 Å². The Balaban J connectivity index is 2.19. The number of aryl methyl sites for hydroxylation is 1. The first-order valence-corrected chi connectivity index (χ1v) is 7.20. The van der Waals surface area contributed by atoms with E-state index in [9.17, 15) is 4.79 Å². The molecule has 0 N–H and O–H groups in total. The van der Waals surface area contributed by atoms with Crippen LogP contribution in [0.15, 0.2) is 18.2 Å². The van der Waals surface area contributed by atoms with Crippen LogP contribution in [0.5, 0.6) is 5.75 Å². The van der Waals surface area contributed by atoms with Gasteiger partial charge >= 0.3 is 0 Å². The average Bonchev–Trinajstić information content (AvgIpc) is 2.37. The van der Waals surface area contributed by atoms with Crippen molar-refractivity contribution < 1.29 is 9.53 Å². The lowest BCUT2D eigenvalue weighted by Crippen LogP contribution is -2.26. The third kappa shape index (κ3) is 3.17. The van der Waals surface area contributed by atoms with E-state index in [-0.39, 0.29) is 11.7 Å². The molecule has 1 aliphatic rings. The molecule has 0 aliphatic heterocycles. The largest absolute Gasteiger partial charge is 0.496 e. The molecule has 2 heteroatoms. The lowest BCUT2D eigenvalue weighted by atomic mass is 9.74. The van der Waals surface area contributed by atoms with Crippen LogP contribution in [-0.4, -0.2) is 12.9 Å². The van der Waals surface area contributed by atoms with E-state index < -0.39 is 0 Å². The fourth-order valence-corrected chi connectivity index (χ4v) is 3.37. The Bertz CT molecular complexity index is 454. The van der Waals surface area contributed by atoms with Crippen molar-refractivity contribution in [1.29, 1.82) is 0 Å². The number of carbonyl (C=O) groups is 1. The maximum absolute atomic E-state index is 12.6. The normalized spacial score (nSPS) is 27.1. The Morgan fingerprint density at radius 2 is 1.79 bits per heavy atom. The molecule has 1 aliphatic carbocycles. The summed E-state index contributed by atoms with van der Waals surface area (Å²) in [5.41, 5.74) is 1.87. The molecular weight excluding hydrogens is 236 g/mol. The van der Waals surface area contributed by atoms with Crippen LogP contribution in [0.4, 0.5) is 0 Å². The highest BCUT2D eigenvalue weighted by Crippen LogP contribution is 2.35. The van der Waals surface area contributed by atoms with E-state index in [0.29, 0.717) is 11.8 Å². The lowest BCUT2D eigenvalue weighted by molar-refractivity contribution is 0.0836. The highest BCUT2D eigenvalue weighted by Gasteiger charge is 2.29. The molecular formula is C17H24O2. The van der Waals surface area contributed by atoms with E-state index in [1.54, 1.807) is 7.11 Å². The summed E-state index contributed by atoms with van der Waals surface area (Å²) in [5.74, 6) is 2.60. The van der Waals surface area contributed by atoms with Gasteiger partial charge < -0.3 is 4.74 Å². The quantitative estimate of drug-likeness (QED) is 0.759. The van der Waals surface area contributed by atoms with Crippen LogP contribution >= 0.6 is 0 Å². The van der Waals surface area contributed by atoms with Gasteiger partial charge in [0.25, 0.3) is 0 Å². The monoisotopic (exact) mass is 260 g/mol. The van der Waals surface area contributed by atoms with E-state index in [1.807, 2.05) is 25.1 Å². The molecule has 0 saturated heterocycles. The standard InChI is InChI=1S/C17H24O2/c1-11-7-12(2)9-15(8-11)17(18)14-6-5-13(3)16(10-14)19-4/h5-6,10-12,15H,7-9H2,1-4H3. The molecule has 2 unspecified atom stereocenters. The van der Waals surface area contributed by atoms with Gasteiger partial charge in [0.15, 0.2) is 5.78 Å². The van der Waals surface area contributed by atoms with E-state index in [2.05, 4.69) is 13.8 Å². The second-order valence-corrected chi connectivity index (χ2v) is 6.16. The van der Waals surface area contributed by atoms with Gasteiger partial charge in [-0.15, -0.1) is 0 Å². The molecule has 1 aromatic rings. The number of hydrogen-bond acceptors (Lipinski definition) is 2. The summed E-state index contributed by atoms with van der Waals surface area (Å²) in [4.78, 5) is 12.6. The molecule has 1 saturated carbocycles. The van der Waals surface area contributed by atoms with Gasteiger partial charge in [-0.1, -0.05) is 26.0 Å². The molecule has 2 rings (SSSR count). The maximum Gasteiger partial charge on any atom is 0.166 e. The fraction of sp³-hybridized carbons (Fsp3) is 0.588. The molecule has 0 spiro atoms. The summed E-state index contributed by atoms with van der Waals surface area (Å²) in [6, 6.07) is 5.80. The molecule has 0 bridgehead atoms. The van der Waals surface area contributed by atoms with Crippen LogP contribution in [-0.2, 0) is 0 Å². The number of benzene rings is 1. The first-order valence-electron chi connectivity index (χ1n) is 7.20. The van der Waals surface area contributed by atoms with Gasteiger partial charge in [-0.3, -0.25) is 4.79 Å². The summed E-state index contributed by atoms with van der Waals surface area (Å²) in [5, 5.41) is 0. The third-order valence-electron chi connectivity index (χ3n) is 4.24. The van der Waals surface area contributed by atoms with Gasteiger partial charge in [0.05, 0.1) is 7.11 Å². The van der Waals surface area contributed by atoms with Gasteiger partial charge in [-0.25, -0.2) is 0 Å². The van der Waals surface area contributed by atoms with Gasteiger partial charge in [0.2, 0.25) is 0 Å². The molecule has 19 heavy (non-hydrogen) atoms. The van der Waals surface area contributed by atoms with Crippen molar-refractivity contribution in [2.24, 2.45) is 17.8 Å². The molecule has 104 valence electrons. The van der Waals surface area contributed by atoms with Gasteiger partial charge in [0.1, 0.15) is 5.75 Å². The number of ether oxygens (including phenoxy) is 1. The Hall–Kier alpha value is -1.31. The molecule has 1 aromatic carbocycles. The van der Waals surface area contributed by atoms with Crippen molar-refractivity contribution in [2.75, 3.05) is 7.11 Å². The predicted octanol–water partition coefficient (Wildman–Crippen LogP) is 4.26. The Kier molecular flexibility index (Phi) is 4.28. The van der Waals surface area contributed by atoms with Gasteiger partial charge in [-0.2, -0.15) is 0 Å². The van der Waals surface area contributed by atoms with Crippen molar-refractivity contribution in [2.45, 2.75) is 40.0 Å². The summed E-state index contributed by atoms with van der Waals surface area (Å²) in [6.07, 6.45) is 3.31. The first-order chi connectivity index (χ1) is 9.01. The van der Waals surface area contributed by atoms with Crippen molar-refractivity contribution in [1.82, 2.24) is 0 Å². The summed E-state index contributed by atoms with van der Waals surface area (Å²) in [7, 11) is 1.65. The van der Waals surface area contributed by atoms with Gasteiger partial charge in [0, 0.05) is 11.5 Å². The average molecular weight is 260 g/mol. The van der Waals surface area contributed by atoms with Gasteiger partial charge in [-0.05, 0) is 49.7 Å². The van der Waals surface area contributed by atoms with Crippen LogP contribution < -0.4 is 4.74 Å². The van der Waals surface area contributed by atoms with E-state index in [4.69, 9.17) is 4.74 Å². The zero-order valence-electron chi connectivity index (χ0n) is 12.4. The SMILES string of the molecule is COc1cc(C(=O)C2CC(C)CC(C)C2)ccc1C. The highest BCUT2D eigenvalue weighted by molar-refractivity contribution is 5.98. The second-order valence-electron chi connectivity index (χ2n) is 6.16. The van der Waals surface area contributed by atoms with E-state index >= 15 is 0 Å². The maximum atomic E-state index is 12.6. The molecule has 1 fully saturated rings. The first kappa shape index (κ1) is 14.1. The number of Topliss-reactive ketones (excluding diaryl/α,β-unsaturated/α-hetero) is 1. The molecule has 0 amide bonds. The van der Waals surface area contributed by atoms with Crippen LogP contribution in [0.2, 0.25) is 0 Å². The van der Waals surface area contributed by atoms with Crippen molar-refractivity contribution in [3.63, 3.8) is 0 Å². The van der Waals surface area contributed by atoms with Crippen LogP contribution in [0.25, 0.3) is 0 Å². The smallest absolute Gasteiger partial charge is 0.166 e. The van der Waals surface area contributed by atoms with E-state index in [1.165, 1.54) is 6.42 Å². The summed E-state index contributed by atoms with van der Waals surface area (Å²) < 4.78 is 5.31. The lowest BCUT2D eigenvalue weighted by Gasteiger charge is -2.30. The molecule has 0 aromatic heterocycles. The van der Waals surface area contributed by atoms with Crippen molar-refractivity contribution >= 4 is 5.78 Å².